The highest BCUT2D eigenvalue weighted by Gasteiger charge is 2.08. The number of furan rings is 1. The van der Waals surface area contributed by atoms with Crippen molar-refractivity contribution in [3.63, 3.8) is 0 Å². The number of anilines is 1. The van der Waals surface area contributed by atoms with Crippen LogP contribution in [0.4, 0.5) is 5.69 Å². The number of para-hydroxylation sites is 1. The molecule has 0 atom stereocenters. The maximum absolute atomic E-state index is 11.8. The number of carbonyl (C=O) groups excluding carboxylic acids is 3. The fourth-order valence-corrected chi connectivity index (χ4v) is 2.20. The van der Waals surface area contributed by atoms with E-state index in [1.807, 2.05) is 6.07 Å². The van der Waals surface area contributed by atoms with E-state index in [2.05, 4.69) is 21.5 Å². The van der Waals surface area contributed by atoms with Gasteiger partial charge in [0.15, 0.2) is 5.11 Å². The van der Waals surface area contributed by atoms with Crippen molar-refractivity contribution in [1.29, 1.82) is 0 Å². The van der Waals surface area contributed by atoms with Crippen molar-refractivity contribution in [3.05, 3.63) is 60.1 Å². The molecule has 2 aromatic rings. The summed E-state index contributed by atoms with van der Waals surface area (Å²) in [5.41, 5.74) is 5.38. The number of nitrogens with one attached hydrogen (secondary N) is 4. The minimum absolute atomic E-state index is 0.00678. The van der Waals surface area contributed by atoms with Crippen molar-refractivity contribution < 1.29 is 18.8 Å². The molecule has 0 unspecified atom stereocenters. The average molecular weight is 400 g/mol. The Morgan fingerprint density at radius 3 is 2.39 bits per heavy atom. The minimum Gasteiger partial charge on any atom is -0.462 e. The molecule has 1 aromatic heterocycles. The first-order valence-corrected chi connectivity index (χ1v) is 8.82. The molecule has 0 aliphatic rings. The highest BCUT2D eigenvalue weighted by molar-refractivity contribution is 7.80. The van der Waals surface area contributed by atoms with Crippen LogP contribution in [0.2, 0.25) is 0 Å². The van der Waals surface area contributed by atoms with Gasteiger partial charge in [0.25, 0.3) is 0 Å². The maximum Gasteiger partial charge on any atom is 0.250 e. The Hall–Kier alpha value is -3.46. The van der Waals surface area contributed by atoms with Crippen LogP contribution in [0.25, 0.3) is 6.08 Å². The van der Waals surface area contributed by atoms with Gasteiger partial charge in [0.05, 0.1) is 0 Å². The zero-order chi connectivity index (χ0) is 20.4. The third-order valence-corrected chi connectivity index (χ3v) is 3.55. The Balaban J connectivity index is 1.63. The van der Waals surface area contributed by atoms with E-state index in [0.717, 1.165) is 5.76 Å². The van der Waals surface area contributed by atoms with Crippen molar-refractivity contribution in [2.45, 2.75) is 19.8 Å². The summed E-state index contributed by atoms with van der Waals surface area (Å²) in [5.74, 6) is 0.0611. The van der Waals surface area contributed by atoms with Crippen molar-refractivity contribution in [3.8, 4) is 0 Å². The number of hydrogen-bond acceptors (Lipinski definition) is 5. The fraction of sp³-hybridized carbons (Fsp3) is 0.158. The van der Waals surface area contributed by atoms with Crippen LogP contribution < -0.4 is 21.5 Å². The van der Waals surface area contributed by atoms with Gasteiger partial charge < -0.3 is 9.73 Å². The highest BCUT2D eigenvalue weighted by Crippen LogP contribution is 2.07. The van der Waals surface area contributed by atoms with Gasteiger partial charge in [-0.3, -0.25) is 30.6 Å². The van der Waals surface area contributed by atoms with E-state index in [4.69, 9.17) is 16.6 Å². The average Bonchev–Trinajstić information content (AvgIpc) is 3.09. The second kappa shape index (κ2) is 10.6. The molecular weight excluding hydrogens is 380 g/mol. The number of thiocarbonyl (C=S) groups is 1. The summed E-state index contributed by atoms with van der Waals surface area (Å²) in [6.07, 6.45) is 2.71. The molecule has 9 heteroatoms. The van der Waals surface area contributed by atoms with E-state index in [-0.39, 0.29) is 23.9 Å². The van der Waals surface area contributed by atoms with Gasteiger partial charge >= 0.3 is 0 Å². The Morgan fingerprint density at radius 1 is 1.00 bits per heavy atom. The second-order valence-corrected chi connectivity index (χ2v) is 6.10. The number of hydrogen-bond donors (Lipinski definition) is 4. The summed E-state index contributed by atoms with van der Waals surface area (Å²) in [4.78, 5) is 35.3. The standard InChI is InChI=1S/C19H20N4O4S/c1-13-7-8-15(27-13)9-10-17(25)21-19(28)23-22-18(26)12-11-16(24)20-14-5-3-2-4-6-14/h2-10H,11-12H2,1H3,(H,20,24)(H,22,26)(H2,21,23,25,28)/b10-9+. The lowest BCUT2D eigenvalue weighted by Crippen LogP contribution is -2.48. The molecule has 0 fully saturated rings. The molecule has 4 N–H and O–H groups in total. The van der Waals surface area contributed by atoms with Crippen LogP contribution >= 0.6 is 12.2 Å². The summed E-state index contributed by atoms with van der Waals surface area (Å²) >= 11 is 4.91. The van der Waals surface area contributed by atoms with Gasteiger partial charge in [-0.2, -0.15) is 0 Å². The van der Waals surface area contributed by atoms with Gasteiger partial charge in [0.1, 0.15) is 11.5 Å². The SMILES string of the molecule is Cc1ccc(/C=C/C(=O)NC(=S)NNC(=O)CCC(=O)Nc2ccccc2)o1. The van der Waals surface area contributed by atoms with E-state index < -0.39 is 11.8 Å². The smallest absolute Gasteiger partial charge is 0.250 e. The van der Waals surface area contributed by atoms with E-state index in [1.54, 1.807) is 43.3 Å². The Labute approximate surface area is 167 Å². The summed E-state index contributed by atoms with van der Waals surface area (Å²) in [6.45, 7) is 1.80. The van der Waals surface area contributed by atoms with Gasteiger partial charge in [-0.15, -0.1) is 0 Å². The lowest BCUT2D eigenvalue weighted by atomic mass is 10.2. The Kier molecular flexibility index (Phi) is 7.92. The molecule has 0 spiro atoms. The van der Waals surface area contributed by atoms with Gasteiger partial charge in [-0.05, 0) is 49.5 Å². The van der Waals surface area contributed by atoms with E-state index in [0.29, 0.717) is 11.4 Å². The van der Waals surface area contributed by atoms with Gasteiger partial charge in [-0.25, -0.2) is 0 Å². The van der Waals surface area contributed by atoms with Crippen molar-refractivity contribution >= 4 is 46.8 Å². The van der Waals surface area contributed by atoms with E-state index in [9.17, 15) is 14.4 Å². The lowest BCUT2D eigenvalue weighted by molar-refractivity contribution is -0.124. The van der Waals surface area contributed by atoms with Crippen LogP contribution in [0.3, 0.4) is 0 Å². The van der Waals surface area contributed by atoms with Gasteiger partial charge in [0, 0.05) is 24.6 Å². The van der Waals surface area contributed by atoms with Crippen molar-refractivity contribution in [2.75, 3.05) is 5.32 Å². The zero-order valence-corrected chi connectivity index (χ0v) is 16.0. The Morgan fingerprint density at radius 2 is 1.71 bits per heavy atom. The van der Waals surface area contributed by atoms with Gasteiger partial charge in [-0.1, -0.05) is 18.2 Å². The predicted octanol–water partition coefficient (Wildman–Crippen LogP) is 2.04. The summed E-state index contributed by atoms with van der Waals surface area (Å²) in [5, 5.41) is 4.97. The molecule has 2 rings (SSSR count). The lowest BCUT2D eigenvalue weighted by Gasteiger charge is -2.09. The molecule has 1 aromatic carbocycles. The van der Waals surface area contributed by atoms with E-state index >= 15 is 0 Å². The van der Waals surface area contributed by atoms with Gasteiger partial charge in [0.2, 0.25) is 17.7 Å². The number of amides is 3. The molecule has 0 saturated carbocycles. The Bertz CT molecular complexity index is 877. The topological polar surface area (TPSA) is 112 Å². The zero-order valence-electron chi connectivity index (χ0n) is 15.2. The number of carbonyl (C=O) groups is 3. The molecule has 8 nitrogen and oxygen atoms in total. The largest absolute Gasteiger partial charge is 0.462 e. The maximum atomic E-state index is 11.8. The highest BCUT2D eigenvalue weighted by atomic mass is 32.1. The van der Waals surface area contributed by atoms with E-state index in [1.165, 1.54) is 12.2 Å². The van der Waals surface area contributed by atoms with Crippen LogP contribution in [0.15, 0.2) is 53.0 Å². The molecule has 0 aliphatic heterocycles. The van der Waals surface area contributed by atoms with Crippen molar-refractivity contribution in [1.82, 2.24) is 16.2 Å². The summed E-state index contributed by atoms with van der Waals surface area (Å²) < 4.78 is 5.30. The summed E-state index contributed by atoms with van der Waals surface area (Å²) in [7, 11) is 0. The number of aryl methyl sites for hydroxylation is 1. The molecule has 146 valence electrons. The minimum atomic E-state index is -0.483. The molecule has 3 amide bonds. The molecule has 0 radical (unpaired) electrons. The van der Waals surface area contributed by atoms with Crippen LogP contribution in [-0.4, -0.2) is 22.8 Å². The van der Waals surface area contributed by atoms with Crippen molar-refractivity contribution in [2.24, 2.45) is 0 Å². The molecule has 1 heterocycles. The third-order valence-electron chi connectivity index (χ3n) is 3.35. The predicted molar refractivity (Wildman–Crippen MR) is 109 cm³/mol. The first kappa shape index (κ1) is 20.8. The molecule has 0 bridgehead atoms. The molecular formula is C19H20N4O4S. The number of benzene rings is 1. The second-order valence-electron chi connectivity index (χ2n) is 5.69. The first-order valence-electron chi connectivity index (χ1n) is 8.41. The normalized spacial score (nSPS) is 10.3. The first-order chi connectivity index (χ1) is 13.4. The number of hydrazine groups is 1. The van der Waals surface area contributed by atoms with Crippen LogP contribution in [0.1, 0.15) is 24.4 Å². The molecule has 28 heavy (non-hydrogen) atoms. The quantitative estimate of drug-likeness (QED) is 0.335. The molecule has 0 aliphatic carbocycles. The molecule has 0 saturated heterocycles. The monoisotopic (exact) mass is 400 g/mol. The third kappa shape index (κ3) is 7.83. The number of rotatable bonds is 6. The van der Waals surface area contributed by atoms with Crippen LogP contribution in [0, 0.1) is 6.92 Å². The van der Waals surface area contributed by atoms with Crippen LogP contribution in [0.5, 0.6) is 0 Å². The summed E-state index contributed by atoms with van der Waals surface area (Å²) in [6, 6.07) is 12.4. The van der Waals surface area contributed by atoms with Crippen LogP contribution in [-0.2, 0) is 14.4 Å². The fourth-order valence-electron chi connectivity index (χ4n) is 2.05.